The summed E-state index contributed by atoms with van der Waals surface area (Å²) in [4.78, 5) is 0. The molecule has 74 valence electrons. The van der Waals surface area contributed by atoms with Crippen molar-refractivity contribution in [2.75, 3.05) is 5.88 Å². The third-order valence-electron chi connectivity index (χ3n) is 4.86. The van der Waals surface area contributed by atoms with Crippen molar-refractivity contribution in [2.45, 2.75) is 38.5 Å². The molecule has 1 heteroatoms. The first-order valence-corrected chi connectivity index (χ1v) is 6.46. The number of rotatable bonds is 2. The van der Waals surface area contributed by atoms with E-state index in [1.807, 2.05) is 0 Å². The predicted molar refractivity (Wildman–Crippen MR) is 55.9 cm³/mol. The SMILES string of the molecule is ClCCC1C2CC3CC(C2)CC1C3. The Labute approximate surface area is 86.0 Å². The molecule has 0 unspecified atom stereocenters. The average molecular weight is 199 g/mol. The highest BCUT2D eigenvalue weighted by atomic mass is 35.5. The lowest BCUT2D eigenvalue weighted by Gasteiger charge is -2.54. The van der Waals surface area contributed by atoms with Gasteiger partial charge in [-0.05, 0) is 68.1 Å². The van der Waals surface area contributed by atoms with Crippen molar-refractivity contribution in [1.29, 1.82) is 0 Å². The Morgan fingerprint density at radius 2 is 1.38 bits per heavy atom. The lowest BCUT2D eigenvalue weighted by atomic mass is 9.51. The molecule has 4 aliphatic rings. The van der Waals surface area contributed by atoms with Crippen LogP contribution in [0.25, 0.3) is 0 Å². The zero-order chi connectivity index (χ0) is 8.84. The lowest BCUT2D eigenvalue weighted by molar-refractivity contribution is -0.0372. The first-order chi connectivity index (χ1) is 6.36. The molecule has 4 aliphatic carbocycles. The summed E-state index contributed by atoms with van der Waals surface area (Å²) in [6.07, 6.45) is 9.07. The second-order valence-electron chi connectivity index (χ2n) is 5.57. The Morgan fingerprint density at radius 1 is 0.846 bits per heavy atom. The van der Waals surface area contributed by atoms with Gasteiger partial charge in [-0.2, -0.15) is 0 Å². The van der Waals surface area contributed by atoms with E-state index in [9.17, 15) is 0 Å². The zero-order valence-corrected chi connectivity index (χ0v) is 8.97. The molecular weight excluding hydrogens is 180 g/mol. The van der Waals surface area contributed by atoms with E-state index in [1.165, 1.54) is 6.42 Å². The van der Waals surface area contributed by atoms with E-state index < -0.39 is 0 Å². The highest BCUT2D eigenvalue weighted by Crippen LogP contribution is 2.57. The summed E-state index contributed by atoms with van der Waals surface area (Å²) in [5.74, 6) is 6.31. The molecular formula is C12H19Cl. The average Bonchev–Trinajstić information content (AvgIpc) is 2.10. The van der Waals surface area contributed by atoms with Crippen molar-refractivity contribution in [1.82, 2.24) is 0 Å². The fourth-order valence-corrected chi connectivity index (χ4v) is 4.89. The van der Waals surface area contributed by atoms with Crippen molar-refractivity contribution < 1.29 is 0 Å². The largest absolute Gasteiger partial charge is 0.127 e. The molecule has 0 amide bonds. The van der Waals surface area contributed by atoms with Crippen LogP contribution in [0.5, 0.6) is 0 Å². The number of alkyl halides is 1. The Hall–Kier alpha value is 0.290. The van der Waals surface area contributed by atoms with E-state index in [1.54, 1.807) is 32.1 Å². The van der Waals surface area contributed by atoms with Gasteiger partial charge < -0.3 is 0 Å². The number of hydrogen-bond donors (Lipinski definition) is 0. The smallest absolute Gasteiger partial charge is 0.0226 e. The molecule has 0 heterocycles. The van der Waals surface area contributed by atoms with Gasteiger partial charge in [-0.1, -0.05) is 0 Å². The van der Waals surface area contributed by atoms with Gasteiger partial charge in [0.25, 0.3) is 0 Å². The van der Waals surface area contributed by atoms with E-state index in [0.29, 0.717) is 0 Å². The molecule has 4 bridgehead atoms. The molecule has 4 rings (SSSR count). The van der Waals surface area contributed by atoms with Crippen LogP contribution in [0, 0.1) is 29.6 Å². The van der Waals surface area contributed by atoms with E-state index in [4.69, 9.17) is 11.6 Å². The van der Waals surface area contributed by atoms with Crippen LogP contribution in [0.15, 0.2) is 0 Å². The minimum absolute atomic E-state index is 0.896. The lowest BCUT2D eigenvalue weighted by Crippen LogP contribution is -2.45. The van der Waals surface area contributed by atoms with Crippen molar-refractivity contribution in [3.63, 3.8) is 0 Å². The third kappa shape index (κ3) is 1.33. The van der Waals surface area contributed by atoms with E-state index >= 15 is 0 Å². The van der Waals surface area contributed by atoms with Crippen LogP contribution in [0.4, 0.5) is 0 Å². The van der Waals surface area contributed by atoms with Crippen LogP contribution < -0.4 is 0 Å². The molecule has 0 aromatic carbocycles. The summed E-state index contributed by atoms with van der Waals surface area (Å²) >= 11 is 5.89. The van der Waals surface area contributed by atoms with Crippen LogP contribution in [0.1, 0.15) is 38.5 Å². The molecule has 0 spiro atoms. The molecule has 4 saturated carbocycles. The highest BCUT2D eigenvalue weighted by molar-refractivity contribution is 6.17. The minimum atomic E-state index is 0.896. The molecule has 0 N–H and O–H groups in total. The van der Waals surface area contributed by atoms with Crippen molar-refractivity contribution in [3.05, 3.63) is 0 Å². The molecule has 4 fully saturated rings. The summed E-state index contributed by atoms with van der Waals surface area (Å²) in [6, 6.07) is 0. The maximum Gasteiger partial charge on any atom is 0.0226 e. The summed E-state index contributed by atoms with van der Waals surface area (Å²) in [7, 11) is 0. The van der Waals surface area contributed by atoms with Gasteiger partial charge in [0.15, 0.2) is 0 Å². The summed E-state index contributed by atoms with van der Waals surface area (Å²) in [6.45, 7) is 0. The maximum absolute atomic E-state index is 5.89. The van der Waals surface area contributed by atoms with E-state index in [-0.39, 0.29) is 0 Å². The molecule has 0 aromatic heterocycles. The molecule has 0 saturated heterocycles. The molecule has 0 radical (unpaired) electrons. The Bertz CT molecular complexity index is 171. The Kier molecular flexibility index (Phi) is 2.08. The summed E-state index contributed by atoms with van der Waals surface area (Å²) < 4.78 is 0. The highest BCUT2D eigenvalue weighted by Gasteiger charge is 2.47. The van der Waals surface area contributed by atoms with Crippen LogP contribution in [0.2, 0.25) is 0 Å². The number of halogens is 1. The van der Waals surface area contributed by atoms with Crippen molar-refractivity contribution in [3.8, 4) is 0 Å². The topological polar surface area (TPSA) is 0 Å². The van der Waals surface area contributed by atoms with Gasteiger partial charge in [0.05, 0.1) is 0 Å². The molecule has 0 aliphatic heterocycles. The molecule has 13 heavy (non-hydrogen) atoms. The van der Waals surface area contributed by atoms with Crippen LogP contribution in [-0.4, -0.2) is 5.88 Å². The first kappa shape index (κ1) is 8.59. The normalized spacial score (nSPS) is 52.8. The van der Waals surface area contributed by atoms with Crippen LogP contribution in [0.3, 0.4) is 0 Å². The summed E-state index contributed by atoms with van der Waals surface area (Å²) in [5.41, 5.74) is 0. The van der Waals surface area contributed by atoms with Gasteiger partial charge in [0.1, 0.15) is 0 Å². The zero-order valence-electron chi connectivity index (χ0n) is 8.21. The summed E-state index contributed by atoms with van der Waals surface area (Å²) in [5, 5.41) is 0. The second kappa shape index (κ2) is 3.15. The fourth-order valence-electron chi connectivity index (χ4n) is 4.64. The van der Waals surface area contributed by atoms with Crippen molar-refractivity contribution in [2.24, 2.45) is 29.6 Å². The van der Waals surface area contributed by atoms with E-state index in [2.05, 4.69) is 0 Å². The fraction of sp³-hybridized carbons (Fsp3) is 1.00. The Balaban J connectivity index is 1.77. The third-order valence-corrected chi connectivity index (χ3v) is 5.08. The quantitative estimate of drug-likeness (QED) is 0.594. The van der Waals surface area contributed by atoms with Crippen LogP contribution in [-0.2, 0) is 0 Å². The minimum Gasteiger partial charge on any atom is -0.127 e. The molecule has 0 aromatic rings. The first-order valence-electron chi connectivity index (χ1n) is 5.92. The van der Waals surface area contributed by atoms with Gasteiger partial charge >= 0.3 is 0 Å². The monoisotopic (exact) mass is 198 g/mol. The number of hydrogen-bond acceptors (Lipinski definition) is 0. The Morgan fingerprint density at radius 3 is 1.85 bits per heavy atom. The maximum atomic E-state index is 5.89. The molecule has 0 atom stereocenters. The van der Waals surface area contributed by atoms with Gasteiger partial charge in [0.2, 0.25) is 0 Å². The van der Waals surface area contributed by atoms with Gasteiger partial charge in [0, 0.05) is 5.88 Å². The predicted octanol–water partition coefficient (Wildman–Crippen LogP) is 3.69. The van der Waals surface area contributed by atoms with Gasteiger partial charge in [-0.15, -0.1) is 11.6 Å². The van der Waals surface area contributed by atoms with Gasteiger partial charge in [-0.3, -0.25) is 0 Å². The van der Waals surface area contributed by atoms with Gasteiger partial charge in [-0.25, -0.2) is 0 Å². The second-order valence-corrected chi connectivity index (χ2v) is 5.95. The van der Waals surface area contributed by atoms with Crippen LogP contribution >= 0.6 is 11.6 Å². The van der Waals surface area contributed by atoms with E-state index in [0.717, 1.165) is 35.5 Å². The standard InChI is InChI=1S/C12H19Cl/c13-2-1-12-10-4-8-3-9(6-10)7-11(12)5-8/h8-12H,1-7H2. The molecule has 0 nitrogen and oxygen atoms in total. The van der Waals surface area contributed by atoms with Crippen molar-refractivity contribution >= 4 is 11.6 Å².